The van der Waals surface area contributed by atoms with Crippen molar-refractivity contribution in [1.29, 1.82) is 0 Å². The normalized spacial score (nSPS) is 30.4. The van der Waals surface area contributed by atoms with E-state index in [1.165, 1.54) is 5.57 Å². The van der Waals surface area contributed by atoms with E-state index in [2.05, 4.69) is 23.5 Å². The van der Waals surface area contributed by atoms with E-state index < -0.39 is 0 Å². The van der Waals surface area contributed by atoms with E-state index in [1.807, 2.05) is 32.1 Å². The van der Waals surface area contributed by atoms with Crippen LogP contribution in [0.2, 0.25) is 0 Å². The number of hydrogen-bond acceptors (Lipinski definition) is 2. The molecule has 2 aliphatic carbocycles. The van der Waals surface area contributed by atoms with E-state index in [0.29, 0.717) is 0 Å². The predicted octanol–water partition coefficient (Wildman–Crippen LogP) is 2.23. The zero-order chi connectivity index (χ0) is 12.0. The molecule has 0 saturated heterocycles. The number of carbonyl (C=O) groups is 1. The summed E-state index contributed by atoms with van der Waals surface area (Å²) in [5, 5.41) is 3.46. The third-order valence-electron chi connectivity index (χ3n) is 3.55. The van der Waals surface area contributed by atoms with Crippen molar-refractivity contribution in [1.82, 2.24) is 5.32 Å². The maximum absolute atomic E-state index is 11.9. The Balaban J connectivity index is 2.08. The van der Waals surface area contributed by atoms with Crippen LogP contribution in [-0.4, -0.2) is 11.8 Å². The summed E-state index contributed by atoms with van der Waals surface area (Å²) in [6.07, 6.45) is 13.1. The zero-order valence-electron chi connectivity index (χ0n) is 9.95. The second kappa shape index (κ2) is 3.59. The van der Waals surface area contributed by atoms with Gasteiger partial charge in [-0.3, -0.25) is 4.79 Å². The number of ketones is 1. The third-order valence-corrected chi connectivity index (χ3v) is 3.55. The van der Waals surface area contributed by atoms with Gasteiger partial charge in [-0.15, -0.1) is 0 Å². The summed E-state index contributed by atoms with van der Waals surface area (Å²) in [4.78, 5) is 11.9. The topological polar surface area (TPSA) is 29.1 Å². The van der Waals surface area contributed by atoms with Crippen LogP contribution in [0.5, 0.6) is 0 Å². The van der Waals surface area contributed by atoms with Gasteiger partial charge in [-0.05, 0) is 41.9 Å². The summed E-state index contributed by atoms with van der Waals surface area (Å²) in [5.41, 5.74) is 4.20. The van der Waals surface area contributed by atoms with Crippen LogP contribution in [0.4, 0.5) is 0 Å². The molecule has 0 aromatic rings. The van der Waals surface area contributed by atoms with Gasteiger partial charge in [-0.2, -0.15) is 0 Å². The van der Waals surface area contributed by atoms with Gasteiger partial charge in [0, 0.05) is 11.6 Å². The highest BCUT2D eigenvalue weighted by atomic mass is 16.1. The minimum Gasteiger partial charge on any atom is -0.374 e. The Kier molecular flexibility index (Phi) is 2.18. The Hall–Kier alpha value is -1.83. The molecule has 2 unspecified atom stereocenters. The van der Waals surface area contributed by atoms with Crippen molar-refractivity contribution in [2.75, 3.05) is 0 Å². The van der Waals surface area contributed by atoms with Gasteiger partial charge in [0.05, 0.1) is 6.04 Å². The van der Waals surface area contributed by atoms with Crippen LogP contribution < -0.4 is 5.32 Å². The molecule has 17 heavy (non-hydrogen) atoms. The van der Waals surface area contributed by atoms with Gasteiger partial charge in [0.15, 0.2) is 5.78 Å². The van der Waals surface area contributed by atoms with E-state index in [9.17, 15) is 4.79 Å². The molecule has 2 atom stereocenters. The zero-order valence-corrected chi connectivity index (χ0v) is 9.95. The van der Waals surface area contributed by atoms with Crippen LogP contribution in [0.1, 0.15) is 13.8 Å². The molecule has 2 nitrogen and oxygen atoms in total. The van der Waals surface area contributed by atoms with E-state index in [4.69, 9.17) is 0 Å². The average Bonchev–Trinajstić information content (AvgIpc) is 2.34. The minimum absolute atomic E-state index is 0.0461. The first kappa shape index (κ1) is 10.3. The van der Waals surface area contributed by atoms with Gasteiger partial charge in [-0.25, -0.2) is 0 Å². The fourth-order valence-corrected chi connectivity index (χ4v) is 2.52. The van der Waals surface area contributed by atoms with Crippen molar-refractivity contribution >= 4 is 5.78 Å². The monoisotopic (exact) mass is 224 g/mol. The van der Waals surface area contributed by atoms with Crippen molar-refractivity contribution in [3.05, 3.63) is 58.9 Å². The Morgan fingerprint density at radius 1 is 1.35 bits per heavy atom. The molecule has 1 radical (unpaired) electrons. The fourth-order valence-electron chi connectivity index (χ4n) is 2.52. The standard InChI is InChI=1S/C15H14NO/c1-9-7-14-12(10(2)15(9)17)8-11-5-3-4-6-13(11)16-14/h4-8,10,13,16H,1-2H3. The Morgan fingerprint density at radius 3 is 3.00 bits per heavy atom. The number of fused-ring (bicyclic) bond motifs is 1. The van der Waals surface area contributed by atoms with Gasteiger partial charge in [-0.1, -0.05) is 25.2 Å². The maximum Gasteiger partial charge on any atom is 0.165 e. The summed E-state index contributed by atoms with van der Waals surface area (Å²) in [6.45, 7) is 3.85. The van der Waals surface area contributed by atoms with Gasteiger partial charge < -0.3 is 5.32 Å². The molecule has 0 bridgehead atoms. The first-order chi connectivity index (χ1) is 8.16. The van der Waals surface area contributed by atoms with Gasteiger partial charge >= 0.3 is 0 Å². The number of Topliss-reactive ketones (excluding diaryl/α,β-unsaturated/α-hetero) is 1. The summed E-state index contributed by atoms with van der Waals surface area (Å²) in [5.74, 6) is 0.176. The fraction of sp³-hybridized carbons (Fsp3) is 0.267. The summed E-state index contributed by atoms with van der Waals surface area (Å²) >= 11 is 0. The molecule has 1 heterocycles. The van der Waals surface area contributed by atoms with Crippen LogP contribution in [-0.2, 0) is 4.79 Å². The molecule has 0 aromatic carbocycles. The highest BCUT2D eigenvalue weighted by Gasteiger charge is 2.29. The molecule has 2 heteroatoms. The maximum atomic E-state index is 11.9. The second-order valence-electron chi connectivity index (χ2n) is 4.72. The van der Waals surface area contributed by atoms with Crippen LogP contribution >= 0.6 is 0 Å². The highest BCUT2D eigenvalue weighted by molar-refractivity contribution is 6.00. The second-order valence-corrected chi connectivity index (χ2v) is 4.72. The first-order valence-electron chi connectivity index (χ1n) is 5.87. The molecule has 1 aliphatic heterocycles. The minimum atomic E-state index is -0.0461. The molecule has 3 aliphatic rings. The molecule has 0 aromatic heterocycles. The van der Waals surface area contributed by atoms with Gasteiger partial charge in [0.25, 0.3) is 0 Å². The number of nitrogens with one attached hydrogen (secondary N) is 1. The lowest BCUT2D eigenvalue weighted by Crippen LogP contribution is -2.36. The van der Waals surface area contributed by atoms with E-state index in [1.54, 1.807) is 0 Å². The molecule has 1 N–H and O–H groups in total. The lowest BCUT2D eigenvalue weighted by molar-refractivity contribution is -0.117. The lowest BCUT2D eigenvalue weighted by atomic mass is 9.81. The van der Waals surface area contributed by atoms with Crippen LogP contribution in [0, 0.1) is 12.0 Å². The van der Waals surface area contributed by atoms with Crippen molar-refractivity contribution in [2.24, 2.45) is 5.92 Å². The number of carbonyl (C=O) groups excluding carboxylic acids is 1. The molecular weight excluding hydrogens is 210 g/mol. The highest BCUT2D eigenvalue weighted by Crippen LogP contribution is 2.32. The number of allylic oxidation sites excluding steroid dienone is 6. The Morgan fingerprint density at radius 2 is 2.18 bits per heavy atom. The quantitative estimate of drug-likeness (QED) is 0.683. The summed E-state index contributed by atoms with van der Waals surface area (Å²) in [6, 6.07) is 0.222. The number of hydrogen-bond donors (Lipinski definition) is 1. The van der Waals surface area contributed by atoms with E-state index in [-0.39, 0.29) is 17.7 Å². The van der Waals surface area contributed by atoms with Gasteiger partial charge in [0.1, 0.15) is 0 Å². The number of rotatable bonds is 0. The van der Waals surface area contributed by atoms with Crippen LogP contribution in [0.25, 0.3) is 0 Å². The van der Waals surface area contributed by atoms with Crippen LogP contribution in [0.15, 0.2) is 52.8 Å². The van der Waals surface area contributed by atoms with Crippen molar-refractivity contribution in [3.63, 3.8) is 0 Å². The van der Waals surface area contributed by atoms with Crippen molar-refractivity contribution in [3.8, 4) is 0 Å². The summed E-state index contributed by atoms with van der Waals surface area (Å²) < 4.78 is 0. The van der Waals surface area contributed by atoms with Crippen molar-refractivity contribution in [2.45, 2.75) is 19.9 Å². The average molecular weight is 224 g/mol. The Labute approximate surface area is 101 Å². The van der Waals surface area contributed by atoms with E-state index >= 15 is 0 Å². The molecule has 0 saturated carbocycles. The SMILES string of the molecule is CC1=CC2=C(C=C3C=[C]C=CC3N2)C(C)C1=O. The third kappa shape index (κ3) is 1.52. The smallest absolute Gasteiger partial charge is 0.165 e. The first-order valence-corrected chi connectivity index (χ1v) is 5.87. The molecule has 85 valence electrons. The molecule has 0 fully saturated rings. The molecular formula is C15H14NO. The van der Waals surface area contributed by atoms with Gasteiger partial charge in [0.2, 0.25) is 0 Å². The van der Waals surface area contributed by atoms with E-state index in [0.717, 1.165) is 16.8 Å². The molecule has 0 spiro atoms. The summed E-state index contributed by atoms with van der Waals surface area (Å²) in [7, 11) is 0. The molecule has 0 amide bonds. The van der Waals surface area contributed by atoms with Crippen LogP contribution in [0.3, 0.4) is 0 Å². The largest absolute Gasteiger partial charge is 0.374 e. The Bertz CT molecular complexity index is 543. The lowest BCUT2D eigenvalue weighted by Gasteiger charge is -2.31. The predicted molar refractivity (Wildman–Crippen MR) is 66.9 cm³/mol. The number of dihydropyridines is 1. The van der Waals surface area contributed by atoms with Crippen molar-refractivity contribution < 1.29 is 4.79 Å². The molecule has 3 rings (SSSR count).